The van der Waals surface area contributed by atoms with Crippen molar-refractivity contribution >= 4 is 11.7 Å². The number of aromatic carboxylic acids is 1. The maximum Gasteiger partial charge on any atom is 0.371 e. The van der Waals surface area contributed by atoms with Crippen molar-refractivity contribution in [2.24, 2.45) is 0 Å². The highest BCUT2D eigenvalue weighted by molar-refractivity contribution is 5.84. The van der Waals surface area contributed by atoms with Gasteiger partial charge in [-0.05, 0) is 26.0 Å². The monoisotopic (exact) mass is 250 g/mol. The lowest BCUT2D eigenvalue weighted by Crippen LogP contribution is -2.17. The Bertz CT molecular complexity index is 551. The maximum atomic E-state index is 10.7. The minimum atomic E-state index is -1.07. The first-order valence-corrected chi connectivity index (χ1v) is 5.45. The second-order valence-electron chi connectivity index (χ2n) is 4.10. The van der Waals surface area contributed by atoms with Crippen LogP contribution in [0.3, 0.4) is 0 Å². The first kappa shape index (κ1) is 12.2. The van der Waals surface area contributed by atoms with Gasteiger partial charge < -0.3 is 18.9 Å². The molecule has 18 heavy (non-hydrogen) atoms. The molecule has 0 bridgehead atoms. The van der Waals surface area contributed by atoms with E-state index in [2.05, 4.69) is 5.16 Å². The van der Waals surface area contributed by atoms with E-state index in [0.29, 0.717) is 12.3 Å². The van der Waals surface area contributed by atoms with Gasteiger partial charge in [-0.2, -0.15) is 0 Å². The minimum absolute atomic E-state index is 0.0582. The smallest absolute Gasteiger partial charge is 0.371 e. The molecular formula is C12H14N2O4. The molecule has 2 heterocycles. The standard InChI is InChI=1S/C12H14N2O4/c1-7-11(8(2)18-13-7)14(3)6-9-4-5-10(17-9)12(15)16/h4-5H,6H2,1-3H3,(H,15,16). The molecule has 2 aromatic heterocycles. The minimum Gasteiger partial charge on any atom is -0.475 e. The number of carboxylic acid groups (broad SMARTS) is 1. The summed E-state index contributed by atoms with van der Waals surface area (Å²) in [6.07, 6.45) is 0. The maximum absolute atomic E-state index is 10.7. The third-order valence-electron chi connectivity index (χ3n) is 2.64. The summed E-state index contributed by atoms with van der Waals surface area (Å²) in [5, 5.41) is 12.6. The Balaban J connectivity index is 2.16. The zero-order chi connectivity index (χ0) is 13.3. The fraction of sp³-hybridized carbons (Fsp3) is 0.333. The molecule has 0 amide bonds. The fourth-order valence-electron chi connectivity index (χ4n) is 1.91. The molecule has 0 saturated heterocycles. The van der Waals surface area contributed by atoms with Crippen molar-refractivity contribution < 1.29 is 18.8 Å². The van der Waals surface area contributed by atoms with E-state index in [0.717, 1.165) is 17.1 Å². The van der Waals surface area contributed by atoms with Crippen LogP contribution in [0.5, 0.6) is 0 Å². The number of carbonyl (C=O) groups is 1. The molecule has 0 radical (unpaired) electrons. The Morgan fingerprint density at radius 2 is 2.17 bits per heavy atom. The quantitative estimate of drug-likeness (QED) is 0.896. The third kappa shape index (κ3) is 2.22. The molecule has 0 saturated carbocycles. The highest BCUT2D eigenvalue weighted by Crippen LogP contribution is 2.24. The second-order valence-corrected chi connectivity index (χ2v) is 4.10. The average Bonchev–Trinajstić information content (AvgIpc) is 2.86. The number of hydrogen-bond donors (Lipinski definition) is 1. The van der Waals surface area contributed by atoms with Gasteiger partial charge in [0.15, 0.2) is 5.76 Å². The van der Waals surface area contributed by atoms with Gasteiger partial charge in [-0.3, -0.25) is 0 Å². The van der Waals surface area contributed by atoms with Crippen LogP contribution in [0.15, 0.2) is 21.1 Å². The third-order valence-corrected chi connectivity index (χ3v) is 2.64. The van der Waals surface area contributed by atoms with Gasteiger partial charge in [0, 0.05) is 7.05 Å². The Morgan fingerprint density at radius 1 is 1.44 bits per heavy atom. The van der Waals surface area contributed by atoms with E-state index in [-0.39, 0.29) is 5.76 Å². The van der Waals surface area contributed by atoms with Crippen molar-refractivity contribution in [3.05, 3.63) is 35.1 Å². The Hall–Kier alpha value is -2.24. The molecular weight excluding hydrogens is 236 g/mol. The first-order valence-electron chi connectivity index (χ1n) is 5.45. The largest absolute Gasteiger partial charge is 0.475 e. The van der Waals surface area contributed by atoms with Crippen LogP contribution in [-0.2, 0) is 6.54 Å². The summed E-state index contributed by atoms with van der Waals surface area (Å²) in [4.78, 5) is 12.6. The number of hydrogen-bond acceptors (Lipinski definition) is 5. The zero-order valence-electron chi connectivity index (χ0n) is 10.4. The molecule has 0 aliphatic rings. The molecule has 6 heteroatoms. The number of aryl methyl sites for hydroxylation is 2. The lowest BCUT2D eigenvalue weighted by molar-refractivity contribution is 0.0660. The number of furan rings is 1. The van der Waals surface area contributed by atoms with Crippen LogP contribution in [0.4, 0.5) is 5.69 Å². The summed E-state index contributed by atoms with van der Waals surface area (Å²) in [7, 11) is 1.87. The highest BCUT2D eigenvalue weighted by atomic mass is 16.5. The lowest BCUT2D eigenvalue weighted by Gasteiger charge is -2.16. The summed E-state index contributed by atoms with van der Waals surface area (Å²) in [5.41, 5.74) is 1.68. The summed E-state index contributed by atoms with van der Waals surface area (Å²) in [6.45, 7) is 4.14. The van der Waals surface area contributed by atoms with Gasteiger partial charge in [0.25, 0.3) is 0 Å². The predicted octanol–water partition coefficient (Wildman–Crippen LogP) is 2.22. The lowest BCUT2D eigenvalue weighted by atomic mass is 10.3. The van der Waals surface area contributed by atoms with Gasteiger partial charge >= 0.3 is 5.97 Å². The van der Waals surface area contributed by atoms with Crippen LogP contribution in [0.2, 0.25) is 0 Å². The van der Waals surface area contributed by atoms with E-state index in [1.807, 2.05) is 25.8 Å². The number of carboxylic acids is 1. The van der Waals surface area contributed by atoms with Gasteiger partial charge in [-0.25, -0.2) is 4.79 Å². The topological polar surface area (TPSA) is 79.7 Å². The average molecular weight is 250 g/mol. The van der Waals surface area contributed by atoms with E-state index in [1.165, 1.54) is 6.07 Å². The Kier molecular flexibility index (Phi) is 3.10. The number of aromatic nitrogens is 1. The van der Waals surface area contributed by atoms with Crippen molar-refractivity contribution in [2.75, 3.05) is 11.9 Å². The van der Waals surface area contributed by atoms with Gasteiger partial charge in [0.05, 0.1) is 6.54 Å². The molecule has 6 nitrogen and oxygen atoms in total. The SMILES string of the molecule is Cc1noc(C)c1N(C)Cc1ccc(C(=O)O)o1. The Morgan fingerprint density at radius 3 is 2.67 bits per heavy atom. The van der Waals surface area contributed by atoms with Crippen LogP contribution >= 0.6 is 0 Å². The summed E-state index contributed by atoms with van der Waals surface area (Å²) < 4.78 is 10.3. The van der Waals surface area contributed by atoms with Gasteiger partial charge in [0.2, 0.25) is 5.76 Å². The highest BCUT2D eigenvalue weighted by Gasteiger charge is 2.16. The van der Waals surface area contributed by atoms with Crippen molar-refractivity contribution in [3.8, 4) is 0 Å². The van der Waals surface area contributed by atoms with Crippen molar-refractivity contribution in [3.63, 3.8) is 0 Å². The summed E-state index contributed by atoms with van der Waals surface area (Å²) in [6, 6.07) is 3.09. The first-order chi connectivity index (χ1) is 8.49. The normalized spacial score (nSPS) is 10.6. The van der Waals surface area contributed by atoms with Crippen LogP contribution in [0.1, 0.15) is 27.8 Å². The van der Waals surface area contributed by atoms with E-state index in [4.69, 9.17) is 14.0 Å². The van der Waals surface area contributed by atoms with Crippen molar-refractivity contribution in [1.29, 1.82) is 0 Å². The zero-order valence-corrected chi connectivity index (χ0v) is 10.4. The molecule has 0 spiro atoms. The van der Waals surface area contributed by atoms with E-state index in [9.17, 15) is 4.79 Å². The van der Waals surface area contributed by atoms with Gasteiger partial charge in [0.1, 0.15) is 17.1 Å². The number of anilines is 1. The molecule has 0 aromatic carbocycles. The molecule has 0 atom stereocenters. The molecule has 0 unspecified atom stereocenters. The van der Waals surface area contributed by atoms with Crippen molar-refractivity contribution in [1.82, 2.24) is 5.16 Å². The number of nitrogens with zero attached hydrogens (tertiary/aromatic N) is 2. The summed E-state index contributed by atoms with van der Waals surface area (Å²) in [5.74, 6) is 0.174. The second kappa shape index (κ2) is 4.56. The van der Waals surface area contributed by atoms with Gasteiger partial charge in [-0.15, -0.1) is 0 Å². The predicted molar refractivity (Wildman–Crippen MR) is 63.8 cm³/mol. The van der Waals surface area contributed by atoms with Gasteiger partial charge in [-0.1, -0.05) is 5.16 Å². The fourth-order valence-corrected chi connectivity index (χ4v) is 1.91. The van der Waals surface area contributed by atoms with Crippen molar-refractivity contribution in [2.45, 2.75) is 20.4 Å². The van der Waals surface area contributed by atoms with E-state index >= 15 is 0 Å². The molecule has 2 aromatic rings. The molecule has 96 valence electrons. The van der Waals surface area contributed by atoms with Crippen LogP contribution in [0, 0.1) is 13.8 Å². The molecule has 1 N–H and O–H groups in total. The molecule has 2 rings (SSSR count). The number of rotatable bonds is 4. The van der Waals surface area contributed by atoms with Crippen LogP contribution < -0.4 is 4.90 Å². The molecule has 0 aliphatic heterocycles. The molecule has 0 aliphatic carbocycles. The Labute approximate surface area is 104 Å². The van der Waals surface area contributed by atoms with Crippen LogP contribution in [0.25, 0.3) is 0 Å². The van der Waals surface area contributed by atoms with E-state index in [1.54, 1.807) is 6.07 Å². The summed E-state index contributed by atoms with van der Waals surface area (Å²) >= 11 is 0. The van der Waals surface area contributed by atoms with E-state index < -0.39 is 5.97 Å². The van der Waals surface area contributed by atoms with Crippen LogP contribution in [-0.4, -0.2) is 23.3 Å². The molecule has 0 fully saturated rings.